The van der Waals surface area contributed by atoms with Crippen LogP contribution in [0.5, 0.6) is 0 Å². The van der Waals surface area contributed by atoms with Crippen LogP contribution in [0.3, 0.4) is 0 Å². The Morgan fingerprint density at radius 3 is 2.73 bits per heavy atom. The van der Waals surface area contributed by atoms with Crippen molar-refractivity contribution < 1.29 is 4.79 Å². The fourth-order valence-corrected chi connectivity index (χ4v) is 5.41. The highest BCUT2D eigenvalue weighted by molar-refractivity contribution is 7.17. The van der Waals surface area contributed by atoms with E-state index in [-0.39, 0.29) is 5.91 Å². The number of carbonyl (C=O) groups is 1. The van der Waals surface area contributed by atoms with Gasteiger partial charge in [0.05, 0.1) is 0 Å². The van der Waals surface area contributed by atoms with Crippen molar-refractivity contribution in [1.82, 2.24) is 25.0 Å². The number of hydrogen-bond acceptors (Lipinski definition) is 6. The lowest BCUT2D eigenvalue weighted by Crippen LogP contribution is -2.36. The van der Waals surface area contributed by atoms with E-state index >= 15 is 0 Å². The molecule has 0 saturated carbocycles. The van der Waals surface area contributed by atoms with Crippen LogP contribution in [0.2, 0.25) is 0 Å². The predicted octanol–water partition coefficient (Wildman–Crippen LogP) is 3.56. The summed E-state index contributed by atoms with van der Waals surface area (Å²) in [6, 6.07) is 3.76. The van der Waals surface area contributed by atoms with Crippen LogP contribution in [-0.4, -0.2) is 64.8 Å². The van der Waals surface area contributed by atoms with Crippen LogP contribution >= 0.6 is 11.3 Å². The molecule has 2 aromatic heterocycles. The molecule has 7 nitrogen and oxygen atoms in total. The second-order valence-corrected chi connectivity index (χ2v) is 9.62. The Hall–Kier alpha value is -1.93. The van der Waals surface area contributed by atoms with Crippen LogP contribution in [0.4, 0.5) is 5.13 Å². The third-order valence-electron chi connectivity index (χ3n) is 6.15. The SMILES string of the molecule is CC1CCCN(CCCNC(=O)c2cccn2-c2nnc(N3CCCCCC3)s2)C1. The van der Waals surface area contributed by atoms with Gasteiger partial charge in [0.15, 0.2) is 0 Å². The Balaban J connectivity index is 1.31. The van der Waals surface area contributed by atoms with E-state index in [9.17, 15) is 4.79 Å². The molecule has 0 radical (unpaired) electrons. The largest absolute Gasteiger partial charge is 0.351 e. The fourth-order valence-electron chi connectivity index (χ4n) is 4.51. The summed E-state index contributed by atoms with van der Waals surface area (Å²) < 4.78 is 1.86. The lowest BCUT2D eigenvalue weighted by atomic mass is 10.0. The van der Waals surface area contributed by atoms with Gasteiger partial charge in [0, 0.05) is 32.4 Å². The number of hydrogen-bond donors (Lipinski definition) is 1. The van der Waals surface area contributed by atoms with E-state index in [1.54, 1.807) is 11.3 Å². The number of nitrogens with zero attached hydrogens (tertiary/aromatic N) is 5. The zero-order valence-corrected chi connectivity index (χ0v) is 18.9. The smallest absolute Gasteiger partial charge is 0.268 e. The normalized spacial score (nSPS) is 20.8. The van der Waals surface area contributed by atoms with Crippen LogP contribution in [0, 0.1) is 5.92 Å². The molecule has 4 rings (SSSR count). The lowest BCUT2D eigenvalue weighted by Gasteiger charge is -2.30. The first-order chi connectivity index (χ1) is 14.7. The van der Waals surface area contributed by atoms with Gasteiger partial charge in [0.2, 0.25) is 10.3 Å². The van der Waals surface area contributed by atoms with Crippen molar-refractivity contribution in [3.8, 4) is 5.13 Å². The van der Waals surface area contributed by atoms with E-state index in [0.717, 1.165) is 42.2 Å². The zero-order chi connectivity index (χ0) is 20.8. The van der Waals surface area contributed by atoms with Crippen LogP contribution in [0.15, 0.2) is 18.3 Å². The number of carbonyl (C=O) groups excluding carboxylic acids is 1. The van der Waals surface area contributed by atoms with Gasteiger partial charge in [-0.3, -0.25) is 9.36 Å². The quantitative estimate of drug-likeness (QED) is 0.681. The number of aromatic nitrogens is 3. The van der Waals surface area contributed by atoms with Crippen molar-refractivity contribution in [3.63, 3.8) is 0 Å². The first-order valence-corrected chi connectivity index (χ1v) is 12.3. The molecule has 1 N–H and O–H groups in total. The molecule has 2 aliphatic heterocycles. The maximum absolute atomic E-state index is 12.8. The average Bonchev–Trinajstić information content (AvgIpc) is 3.35. The van der Waals surface area contributed by atoms with E-state index in [1.165, 1.54) is 51.6 Å². The highest BCUT2D eigenvalue weighted by Crippen LogP contribution is 2.26. The van der Waals surface area contributed by atoms with E-state index in [1.807, 2.05) is 22.9 Å². The Labute approximate surface area is 183 Å². The molecule has 164 valence electrons. The molecule has 1 amide bonds. The highest BCUT2D eigenvalue weighted by atomic mass is 32.1. The molecule has 0 aromatic carbocycles. The molecule has 1 unspecified atom stereocenters. The molecule has 2 fully saturated rings. The first-order valence-electron chi connectivity index (χ1n) is 11.5. The Morgan fingerprint density at radius 2 is 1.93 bits per heavy atom. The Bertz CT molecular complexity index is 810. The summed E-state index contributed by atoms with van der Waals surface area (Å²) in [5.41, 5.74) is 0.625. The summed E-state index contributed by atoms with van der Waals surface area (Å²) >= 11 is 1.57. The molecule has 1 atom stereocenters. The molecular weight excluding hydrogens is 396 g/mol. The molecule has 2 aliphatic rings. The van der Waals surface area contributed by atoms with Gasteiger partial charge in [-0.1, -0.05) is 31.1 Å². The Kier molecular flexibility index (Phi) is 7.38. The number of rotatable bonds is 7. The maximum Gasteiger partial charge on any atom is 0.268 e. The molecule has 0 aliphatic carbocycles. The van der Waals surface area contributed by atoms with E-state index < -0.39 is 0 Å². The van der Waals surface area contributed by atoms with Crippen molar-refractivity contribution in [2.24, 2.45) is 5.92 Å². The van der Waals surface area contributed by atoms with Crippen LogP contribution < -0.4 is 10.2 Å². The second kappa shape index (κ2) is 10.4. The lowest BCUT2D eigenvalue weighted by molar-refractivity contribution is 0.0943. The summed E-state index contributed by atoms with van der Waals surface area (Å²) in [4.78, 5) is 17.6. The molecule has 0 bridgehead atoms. The highest BCUT2D eigenvalue weighted by Gasteiger charge is 2.19. The summed E-state index contributed by atoms with van der Waals surface area (Å²) in [5, 5.41) is 13.6. The fraction of sp³-hybridized carbons (Fsp3) is 0.682. The summed E-state index contributed by atoms with van der Waals surface area (Å²) in [5.74, 6) is 0.751. The van der Waals surface area contributed by atoms with E-state index in [4.69, 9.17) is 0 Å². The van der Waals surface area contributed by atoms with Gasteiger partial charge in [-0.25, -0.2) is 0 Å². The molecule has 0 spiro atoms. The van der Waals surface area contributed by atoms with E-state index in [0.29, 0.717) is 12.2 Å². The monoisotopic (exact) mass is 430 g/mol. The first kappa shape index (κ1) is 21.3. The number of amides is 1. The van der Waals surface area contributed by atoms with Gasteiger partial charge in [0.25, 0.3) is 5.91 Å². The topological polar surface area (TPSA) is 66.3 Å². The Morgan fingerprint density at radius 1 is 1.13 bits per heavy atom. The van der Waals surface area contributed by atoms with Gasteiger partial charge in [0.1, 0.15) is 5.69 Å². The summed E-state index contributed by atoms with van der Waals surface area (Å²) in [6.45, 7) is 8.55. The number of nitrogens with one attached hydrogen (secondary N) is 1. The van der Waals surface area contributed by atoms with Gasteiger partial charge >= 0.3 is 0 Å². The standard InChI is InChI=1S/C22H34N6OS/c1-18-9-6-12-26(17-18)13-8-11-23-20(29)19-10-7-16-28(19)22-25-24-21(30-22)27-14-4-2-3-5-15-27/h7,10,16,18H,2-6,8-9,11-15,17H2,1H3,(H,23,29). The van der Waals surface area contributed by atoms with Gasteiger partial charge < -0.3 is 15.1 Å². The summed E-state index contributed by atoms with van der Waals surface area (Å²) in [7, 11) is 0. The molecule has 30 heavy (non-hydrogen) atoms. The average molecular weight is 431 g/mol. The predicted molar refractivity (Wildman–Crippen MR) is 122 cm³/mol. The van der Waals surface area contributed by atoms with Crippen molar-refractivity contribution in [3.05, 3.63) is 24.0 Å². The number of piperidine rings is 1. The van der Waals surface area contributed by atoms with E-state index in [2.05, 4.69) is 32.2 Å². The molecule has 2 aromatic rings. The zero-order valence-electron chi connectivity index (χ0n) is 18.1. The van der Waals surface area contributed by atoms with Crippen LogP contribution in [0.25, 0.3) is 5.13 Å². The molecule has 2 saturated heterocycles. The van der Waals surface area contributed by atoms with Crippen LogP contribution in [0.1, 0.15) is 62.4 Å². The van der Waals surface area contributed by atoms with Crippen molar-refractivity contribution in [1.29, 1.82) is 0 Å². The van der Waals surface area contributed by atoms with Gasteiger partial charge in [-0.15, -0.1) is 10.2 Å². The molecule has 8 heteroatoms. The summed E-state index contributed by atoms with van der Waals surface area (Å²) in [6.07, 6.45) is 10.5. The second-order valence-electron chi connectivity index (χ2n) is 8.69. The van der Waals surface area contributed by atoms with Crippen LogP contribution in [-0.2, 0) is 0 Å². The van der Waals surface area contributed by atoms with Gasteiger partial charge in [-0.05, 0) is 63.2 Å². The van der Waals surface area contributed by atoms with Crippen molar-refractivity contribution in [2.75, 3.05) is 44.2 Å². The number of anilines is 1. The molecular formula is C22H34N6OS. The maximum atomic E-state index is 12.8. The van der Waals surface area contributed by atoms with Crippen molar-refractivity contribution >= 4 is 22.4 Å². The minimum Gasteiger partial charge on any atom is -0.351 e. The third-order valence-corrected chi connectivity index (χ3v) is 7.13. The number of likely N-dealkylation sites (tertiary alicyclic amines) is 1. The minimum absolute atomic E-state index is 0.0430. The van der Waals surface area contributed by atoms with Crippen molar-refractivity contribution in [2.45, 2.75) is 51.9 Å². The van der Waals surface area contributed by atoms with Gasteiger partial charge in [-0.2, -0.15) is 0 Å². The third kappa shape index (κ3) is 5.40. The minimum atomic E-state index is -0.0430. The molecule has 4 heterocycles.